The summed E-state index contributed by atoms with van der Waals surface area (Å²) in [5.74, 6) is -0.0745. The Hall–Kier alpha value is -3.08. The van der Waals surface area contributed by atoms with Crippen molar-refractivity contribution in [3.63, 3.8) is 0 Å². The van der Waals surface area contributed by atoms with Gasteiger partial charge in [0, 0.05) is 5.56 Å². The van der Waals surface area contributed by atoms with E-state index in [1.54, 1.807) is 48.5 Å². The minimum atomic E-state index is -4.20. The highest BCUT2D eigenvalue weighted by atomic mass is 31.2. The molecule has 27 heavy (non-hydrogen) atoms. The van der Waals surface area contributed by atoms with E-state index in [2.05, 4.69) is 0 Å². The highest BCUT2D eigenvalue weighted by Crippen LogP contribution is 2.59. The largest absolute Gasteiger partial charge is 0.422 e. The lowest BCUT2D eigenvalue weighted by molar-refractivity contribution is 0.372. The highest BCUT2D eigenvalue weighted by Gasteiger charge is 2.37. The fourth-order valence-electron chi connectivity index (χ4n) is 2.83. The summed E-state index contributed by atoms with van der Waals surface area (Å²) in [5.41, 5.74) is 12.4. The van der Waals surface area contributed by atoms with Crippen LogP contribution in [-0.2, 0) is 4.57 Å². The molecule has 0 saturated heterocycles. The van der Waals surface area contributed by atoms with E-state index in [4.69, 9.17) is 21.4 Å². The van der Waals surface area contributed by atoms with Gasteiger partial charge in [0.1, 0.15) is 11.5 Å². The predicted octanol–water partition coefficient (Wildman–Crippen LogP) is 3.91. The lowest BCUT2D eigenvalue weighted by Crippen LogP contribution is -2.12. The number of hydrogen-bond donors (Lipinski definition) is 4. The van der Waals surface area contributed by atoms with Crippen LogP contribution in [0.1, 0.15) is 22.3 Å². The Morgan fingerprint density at radius 2 is 1.48 bits per heavy atom. The molecule has 0 aliphatic heterocycles. The van der Waals surface area contributed by atoms with Crippen molar-refractivity contribution in [2.75, 3.05) is 5.73 Å². The van der Waals surface area contributed by atoms with Crippen molar-refractivity contribution in [1.29, 1.82) is 5.41 Å². The van der Waals surface area contributed by atoms with E-state index < -0.39 is 13.3 Å². The summed E-state index contributed by atoms with van der Waals surface area (Å²) in [6.45, 7) is 0. The second-order valence-electron chi connectivity index (χ2n) is 6.05. The average Bonchev–Trinajstić information content (AvgIpc) is 2.65. The van der Waals surface area contributed by atoms with Gasteiger partial charge in [-0.1, -0.05) is 60.7 Å². The van der Waals surface area contributed by atoms with Crippen LogP contribution in [0.2, 0.25) is 0 Å². The summed E-state index contributed by atoms with van der Waals surface area (Å²) in [6, 6.07) is 22.5. The van der Waals surface area contributed by atoms with Gasteiger partial charge in [0.2, 0.25) is 0 Å². The molecule has 0 heterocycles. The van der Waals surface area contributed by atoms with E-state index in [0.29, 0.717) is 16.7 Å². The fraction of sp³-hybridized carbons (Fsp3) is 0.0500. The quantitative estimate of drug-likeness (QED) is 0.223. The van der Waals surface area contributed by atoms with Crippen LogP contribution in [0.4, 0.5) is 5.69 Å². The Morgan fingerprint density at radius 3 is 1.93 bits per heavy atom. The van der Waals surface area contributed by atoms with Crippen molar-refractivity contribution >= 4 is 19.1 Å². The number of benzene rings is 3. The highest BCUT2D eigenvalue weighted by molar-refractivity contribution is 7.54. The Balaban J connectivity index is 2.01. The molecule has 0 saturated carbocycles. The van der Waals surface area contributed by atoms with E-state index in [1.807, 2.05) is 12.1 Å². The normalized spacial score (nSPS) is 13.1. The monoisotopic (exact) mass is 381 g/mol. The summed E-state index contributed by atoms with van der Waals surface area (Å²) < 4.78 is 18.8. The summed E-state index contributed by atoms with van der Waals surface area (Å²) in [4.78, 5) is 10.8. The first-order valence-electron chi connectivity index (χ1n) is 8.24. The third kappa shape index (κ3) is 4.19. The first-order valence-corrected chi connectivity index (χ1v) is 9.89. The molecular weight excluding hydrogens is 361 g/mol. The lowest BCUT2D eigenvalue weighted by atomic mass is 10.0. The minimum Gasteiger partial charge on any atom is -0.422 e. The molecule has 7 heteroatoms. The van der Waals surface area contributed by atoms with Gasteiger partial charge in [-0.05, 0) is 29.3 Å². The summed E-state index contributed by atoms with van der Waals surface area (Å²) in [6.07, 6.45) is 0. The maximum Gasteiger partial charge on any atom is 0.388 e. The lowest BCUT2D eigenvalue weighted by Gasteiger charge is -2.24. The van der Waals surface area contributed by atoms with Gasteiger partial charge in [0.25, 0.3) is 0 Å². The summed E-state index contributed by atoms with van der Waals surface area (Å²) in [5, 5.41) is 7.45. The van der Waals surface area contributed by atoms with Crippen LogP contribution in [0.15, 0.2) is 78.9 Å². The molecule has 3 rings (SSSR count). The molecule has 0 radical (unpaired) electrons. The van der Waals surface area contributed by atoms with Crippen LogP contribution in [0.5, 0.6) is 5.75 Å². The molecule has 6 nitrogen and oxygen atoms in total. The van der Waals surface area contributed by atoms with Gasteiger partial charge in [-0.3, -0.25) is 5.41 Å². The number of nitrogen functional groups attached to an aromatic ring is 2. The zero-order chi connectivity index (χ0) is 19.4. The number of anilines is 1. The molecule has 0 aromatic heterocycles. The van der Waals surface area contributed by atoms with Crippen molar-refractivity contribution in [3.05, 3.63) is 95.6 Å². The summed E-state index contributed by atoms with van der Waals surface area (Å²) >= 11 is 0. The molecule has 0 amide bonds. The van der Waals surface area contributed by atoms with Gasteiger partial charge in [-0.15, -0.1) is 0 Å². The molecule has 0 aliphatic carbocycles. The van der Waals surface area contributed by atoms with Crippen LogP contribution < -0.4 is 16.0 Å². The first-order chi connectivity index (χ1) is 12.9. The van der Waals surface area contributed by atoms with Crippen molar-refractivity contribution in [2.24, 2.45) is 5.73 Å². The van der Waals surface area contributed by atoms with Gasteiger partial charge in [-0.2, -0.15) is 0 Å². The molecule has 138 valence electrons. The standard InChI is InChI=1S/C20H20N3O3P/c21-17-13-16(20(22)23)11-12-18(17)26-27(24,25)19(14-7-3-1-4-8-14)15-9-5-2-6-10-15/h1-13,19H,21H2,(H3,22,23)(H,24,25). The smallest absolute Gasteiger partial charge is 0.388 e. The number of nitrogens with one attached hydrogen (secondary N) is 1. The topological polar surface area (TPSA) is 122 Å². The van der Waals surface area contributed by atoms with Crippen LogP contribution in [0.3, 0.4) is 0 Å². The molecule has 0 fully saturated rings. The van der Waals surface area contributed by atoms with Crippen molar-refractivity contribution in [2.45, 2.75) is 5.66 Å². The zero-order valence-corrected chi connectivity index (χ0v) is 15.3. The Bertz CT molecular complexity index is 954. The number of nitrogens with two attached hydrogens (primary N) is 2. The van der Waals surface area contributed by atoms with E-state index in [0.717, 1.165) is 0 Å². The Kier molecular flexibility index (Phi) is 5.31. The second kappa shape index (κ2) is 7.66. The molecule has 0 spiro atoms. The SMILES string of the molecule is N=C(N)c1ccc(OP(=O)(O)C(c2ccccc2)c2ccccc2)c(N)c1. The molecule has 0 aliphatic rings. The Morgan fingerprint density at radius 1 is 0.963 bits per heavy atom. The number of hydrogen-bond acceptors (Lipinski definition) is 4. The van der Waals surface area contributed by atoms with Crippen LogP contribution in [0, 0.1) is 5.41 Å². The fourth-order valence-corrected chi connectivity index (χ4v) is 4.48. The van der Waals surface area contributed by atoms with E-state index in [1.165, 1.54) is 18.2 Å². The minimum absolute atomic E-state index is 0.0719. The predicted molar refractivity (Wildman–Crippen MR) is 107 cm³/mol. The number of amidine groups is 1. The van der Waals surface area contributed by atoms with Crippen molar-refractivity contribution < 1.29 is 14.0 Å². The third-order valence-corrected chi connectivity index (χ3v) is 5.81. The molecule has 6 N–H and O–H groups in total. The molecule has 1 atom stereocenters. The van der Waals surface area contributed by atoms with Gasteiger partial charge in [-0.25, -0.2) is 4.57 Å². The van der Waals surface area contributed by atoms with Crippen LogP contribution >= 0.6 is 7.60 Å². The Labute approximate surface area is 157 Å². The van der Waals surface area contributed by atoms with Crippen LogP contribution in [0.25, 0.3) is 0 Å². The summed E-state index contributed by atoms with van der Waals surface area (Å²) in [7, 11) is -4.20. The van der Waals surface area contributed by atoms with E-state index in [-0.39, 0.29) is 17.3 Å². The number of rotatable bonds is 6. The van der Waals surface area contributed by atoms with Gasteiger partial charge in [0.15, 0.2) is 5.75 Å². The molecule has 3 aromatic carbocycles. The molecular formula is C20H20N3O3P. The first kappa shape index (κ1) is 18.7. The van der Waals surface area contributed by atoms with E-state index in [9.17, 15) is 9.46 Å². The third-order valence-electron chi connectivity index (χ3n) is 4.11. The molecule has 0 bridgehead atoms. The van der Waals surface area contributed by atoms with Crippen molar-refractivity contribution in [1.82, 2.24) is 0 Å². The van der Waals surface area contributed by atoms with Gasteiger partial charge < -0.3 is 20.9 Å². The van der Waals surface area contributed by atoms with Crippen LogP contribution in [-0.4, -0.2) is 10.7 Å². The molecule has 3 aromatic rings. The van der Waals surface area contributed by atoms with Gasteiger partial charge in [0.05, 0.1) is 5.69 Å². The maximum absolute atomic E-state index is 13.3. The zero-order valence-electron chi connectivity index (χ0n) is 14.4. The molecule has 1 unspecified atom stereocenters. The average molecular weight is 381 g/mol. The van der Waals surface area contributed by atoms with Gasteiger partial charge >= 0.3 is 7.60 Å². The maximum atomic E-state index is 13.3. The van der Waals surface area contributed by atoms with E-state index >= 15 is 0 Å². The van der Waals surface area contributed by atoms with Crippen molar-refractivity contribution in [3.8, 4) is 5.75 Å². The second-order valence-corrected chi connectivity index (χ2v) is 7.87.